The minimum atomic E-state index is -0.0899. The molecule has 1 amide bonds. The molecule has 108 valence electrons. The topological polar surface area (TPSA) is 42.0 Å². The highest BCUT2D eigenvalue weighted by molar-refractivity contribution is 6.36. The van der Waals surface area contributed by atoms with Crippen molar-refractivity contribution >= 4 is 29.1 Å². The Hall–Kier alpha value is -1.58. The predicted octanol–water partition coefficient (Wildman–Crippen LogP) is 3.96. The molecule has 0 unspecified atom stereocenters. The highest BCUT2D eigenvalue weighted by Gasteiger charge is 2.26. The Balaban J connectivity index is 2.35. The number of aromatic nitrogens is 1. The Kier molecular flexibility index (Phi) is 3.64. The number of pyridine rings is 1. The van der Waals surface area contributed by atoms with Gasteiger partial charge in [0.05, 0.1) is 11.3 Å². The molecule has 0 saturated heterocycles. The Morgan fingerprint density at radius 3 is 2.67 bits per heavy atom. The molecule has 5 heteroatoms. The first-order valence-electron chi connectivity index (χ1n) is 6.72. The number of hydrogen-bond acceptors (Lipinski definition) is 2. The van der Waals surface area contributed by atoms with Crippen molar-refractivity contribution < 1.29 is 4.79 Å². The molecule has 0 aliphatic carbocycles. The van der Waals surface area contributed by atoms with E-state index in [9.17, 15) is 4.79 Å². The number of hydrogen-bond donors (Lipinski definition) is 1. The van der Waals surface area contributed by atoms with Crippen LogP contribution in [0.1, 0.15) is 27.3 Å². The first-order valence-corrected chi connectivity index (χ1v) is 7.48. The number of nitrogens with zero attached hydrogens (tertiary/aromatic N) is 1. The van der Waals surface area contributed by atoms with Crippen LogP contribution < -0.4 is 5.32 Å². The van der Waals surface area contributed by atoms with Gasteiger partial charge in [0.2, 0.25) is 0 Å². The molecular weight excluding hydrogens is 307 g/mol. The van der Waals surface area contributed by atoms with Gasteiger partial charge < -0.3 is 5.32 Å². The first-order chi connectivity index (χ1) is 9.99. The van der Waals surface area contributed by atoms with E-state index in [0.29, 0.717) is 22.2 Å². The summed E-state index contributed by atoms with van der Waals surface area (Å²) in [5.74, 6) is -0.0899. The second kappa shape index (κ2) is 5.32. The van der Waals surface area contributed by atoms with Gasteiger partial charge in [-0.25, -0.2) is 0 Å². The van der Waals surface area contributed by atoms with E-state index in [1.165, 1.54) is 0 Å². The van der Waals surface area contributed by atoms with E-state index in [4.69, 9.17) is 23.2 Å². The monoisotopic (exact) mass is 320 g/mol. The second-order valence-corrected chi connectivity index (χ2v) is 5.99. The molecule has 0 spiro atoms. The number of nitrogens with one attached hydrogen (secondary N) is 1. The number of carbonyl (C=O) groups excluding carboxylic acids is 1. The zero-order valence-electron chi connectivity index (χ0n) is 11.8. The maximum atomic E-state index is 12.3. The normalized spacial score (nSPS) is 13.8. The number of halogens is 2. The number of fused-ring (bicyclic) bond motifs is 1. The molecule has 0 bridgehead atoms. The molecule has 2 heterocycles. The molecule has 21 heavy (non-hydrogen) atoms. The fraction of sp³-hybridized carbons (Fsp3) is 0.250. The van der Waals surface area contributed by atoms with Gasteiger partial charge in [-0.15, -0.1) is 0 Å². The van der Waals surface area contributed by atoms with Gasteiger partial charge in [-0.2, -0.15) is 0 Å². The van der Waals surface area contributed by atoms with Crippen LogP contribution in [0.15, 0.2) is 18.2 Å². The van der Waals surface area contributed by atoms with Crippen molar-refractivity contribution in [3.05, 3.63) is 50.8 Å². The molecule has 0 radical (unpaired) electrons. The molecule has 0 atom stereocenters. The van der Waals surface area contributed by atoms with E-state index < -0.39 is 0 Å². The summed E-state index contributed by atoms with van der Waals surface area (Å²) in [5.41, 5.74) is 5.03. The Labute approximate surface area is 133 Å². The molecule has 1 aromatic heterocycles. The summed E-state index contributed by atoms with van der Waals surface area (Å²) in [6, 6.07) is 5.33. The molecule has 3 nitrogen and oxygen atoms in total. The zero-order chi connectivity index (χ0) is 15.1. The van der Waals surface area contributed by atoms with Gasteiger partial charge in [-0.05, 0) is 31.5 Å². The van der Waals surface area contributed by atoms with E-state index in [1.54, 1.807) is 12.1 Å². The van der Waals surface area contributed by atoms with Gasteiger partial charge in [0.1, 0.15) is 0 Å². The largest absolute Gasteiger partial charge is 0.352 e. The predicted molar refractivity (Wildman–Crippen MR) is 85.2 cm³/mol. The number of amides is 1. The molecule has 2 aromatic rings. The van der Waals surface area contributed by atoms with Gasteiger partial charge in [0.25, 0.3) is 5.91 Å². The maximum Gasteiger partial charge on any atom is 0.253 e. The van der Waals surface area contributed by atoms with Gasteiger partial charge in [-0.3, -0.25) is 9.78 Å². The van der Waals surface area contributed by atoms with Crippen molar-refractivity contribution in [3.8, 4) is 11.1 Å². The summed E-state index contributed by atoms with van der Waals surface area (Å²) in [7, 11) is 0. The SMILES string of the molecule is Cc1nc2c(c(-c3ccc(Cl)cc3Cl)c1C)C(=O)NCC2. The molecule has 3 rings (SSSR count). The summed E-state index contributed by atoms with van der Waals surface area (Å²) < 4.78 is 0. The number of aryl methyl sites for hydroxylation is 1. The fourth-order valence-electron chi connectivity index (χ4n) is 2.69. The van der Waals surface area contributed by atoms with Crippen molar-refractivity contribution in [2.24, 2.45) is 0 Å². The standard InChI is InChI=1S/C16H14Cl2N2O/c1-8-9(2)20-13-5-6-19-16(21)15(13)14(8)11-4-3-10(17)7-12(11)18/h3-4,7H,5-6H2,1-2H3,(H,19,21). The number of carbonyl (C=O) groups is 1. The van der Waals surface area contributed by atoms with E-state index in [-0.39, 0.29) is 5.91 Å². The van der Waals surface area contributed by atoms with Crippen molar-refractivity contribution in [2.75, 3.05) is 6.54 Å². The molecule has 0 saturated carbocycles. The van der Waals surface area contributed by atoms with E-state index >= 15 is 0 Å². The van der Waals surface area contributed by atoms with Crippen molar-refractivity contribution in [3.63, 3.8) is 0 Å². The molecule has 1 aromatic carbocycles. The van der Waals surface area contributed by atoms with E-state index in [0.717, 1.165) is 34.5 Å². The van der Waals surface area contributed by atoms with Crippen LogP contribution >= 0.6 is 23.2 Å². The lowest BCUT2D eigenvalue weighted by atomic mass is 9.90. The van der Waals surface area contributed by atoms with Crippen molar-refractivity contribution in [2.45, 2.75) is 20.3 Å². The van der Waals surface area contributed by atoms with Crippen molar-refractivity contribution in [1.82, 2.24) is 10.3 Å². The van der Waals surface area contributed by atoms with Gasteiger partial charge in [-0.1, -0.05) is 29.3 Å². The summed E-state index contributed by atoms with van der Waals surface area (Å²) in [6.45, 7) is 4.54. The van der Waals surface area contributed by atoms with Crippen LogP contribution in [-0.2, 0) is 6.42 Å². The van der Waals surface area contributed by atoms with E-state index in [1.807, 2.05) is 19.9 Å². The molecule has 1 aliphatic heterocycles. The number of rotatable bonds is 1. The average Bonchev–Trinajstić information content (AvgIpc) is 2.42. The third-order valence-corrected chi connectivity index (χ3v) is 4.38. The summed E-state index contributed by atoms with van der Waals surface area (Å²) in [6.07, 6.45) is 0.737. The number of benzene rings is 1. The molecule has 1 aliphatic rings. The minimum absolute atomic E-state index is 0.0899. The lowest BCUT2D eigenvalue weighted by molar-refractivity contribution is 0.0945. The van der Waals surface area contributed by atoms with Gasteiger partial charge in [0, 0.05) is 39.8 Å². The molecule has 1 N–H and O–H groups in total. The van der Waals surface area contributed by atoms with Gasteiger partial charge in [0.15, 0.2) is 0 Å². The van der Waals surface area contributed by atoms with E-state index in [2.05, 4.69) is 10.3 Å². The van der Waals surface area contributed by atoms with Crippen LogP contribution in [0.5, 0.6) is 0 Å². The second-order valence-electron chi connectivity index (χ2n) is 5.15. The first kappa shape index (κ1) is 14.4. The summed E-state index contributed by atoms with van der Waals surface area (Å²) in [5, 5.41) is 3.99. The zero-order valence-corrected chi connectivity index (χ0v) is 13.3. The highest BCUT2D eigenvalue weighted by Crippen LogP contribution is 2.37. The van der Waals surface area contributed by atoms with Crippen LogP contribution in [0.3, 0.4) is 0 Å². The summed E-state index contributed by atoms with van der Waals surface area (Å²) >= 11 is 12.3. The van der Waals surface area contributed by atoms with Crippen LogP contribution in [0.25, 0.3) is 11.1 Å². The lowest BCUT2D eigenvalue weighted by Crippen LogP contribution is -2.33. The maximum absolute atomic E-state index is 12.3. The third-order valence-electron chi connectivity index (χ3n) is 3.83. The van der Waals surface area contributed by atoms with Crippen molar-refractivity contribution in [1.29, 1.82) is 0 Å². The Bertz CT molecular complexity index is 756. The third kappa shape index (κ3) is 2.41. The Morgan fingerprint density at radius 1 is 1.19 bits per heavy atom. The fourth-order valence-corrected chi connectivity index (χ4v) is 3.20. The van der Waals surface area contributed by atoms with Crippen LogP contribution in [0, 0.1) is 13.8 Å². The Morgan fingerprint density at radius 2 is 1.95 bits per heavy atom. The quantitative estimate of drug-likeness (QED) is 0.864. The molecular formula is C16H14Cl2N2O. The highest BCUT2D eigenvalue weighted by atomic mass is 35.5. The van der Waals surface area contributed by atoms with Gasteiger partial charge >= 0.3 is 0 Å². The van der Waals surface area contributed by atoms with Crippen LogP contribution in [0.4, 0.5) is 0 Å². The van der Waals surface area contributed by atoms with Crippen LogP contribution in [-0.4, -0.2) is 17.4 Å². The summed E-state index contributed by atoms with van der Waals surface area (Å²) in [4.78, 5) is 16.9. The molecule has 0 fully saturated rings. The average molecular weight is 321 g/mol. The lowest BCUT2D eigenvalue weighted by Gasteiger charge is -2.22. The smallest absolute Gasteiger partial charge is 0.253 e. The minimum Gasteiger partial charge on any atom is -0.352 e. The van der Waals surface area contributed by atoms with Crippen LogP contribution in [0.2, 0.25) is 10.0 Å².